The number of hydrogen-bond donors (Lipinski definition) is 1. The molecule has 0 aromatic heterocycles. The topological polar surface area (TPSA) is 86.8 Å². The van der Waals surface area contributed by atoms with Gasteiger partial charge in [-0.2, -0.15) is 0 Å². The maximum atomic E-state index is 14.7. The molecule has 1 fully saturated rings. The number of sulfonamides is 1. The van der Waals surface area contributed by atoms with Gasteiger partial charge in [-0.05, 0) is 73.7 Å². The predicted octanol–water partition coefficient (Wildman–Crippen LogP) is 7.24. The minimum Gasteiger partial charge on any atom is -0.352 e. The lowest BCUT2D eigenvalue weighted by Crippen LogP contribution is -2.55. The number of amides is 2. The van der Waals surface area contributed by atoms with E-state index >= 15 is 0 Å². The third-order valence-electron chi connectivity index (χ3n) is 8.73. The van der Waals surface area contributed by atoms with Crippen molar-refractivity contribution in [3.8, 4) is 0 Å². The van der Waals surface area contributed by atoms with Crippen LogP contribution in [0.3, 0.4) is 0 Å². The number of nitrogens with one attached hydrogen (secondary N) is 1. The molecule has 0 bridgehead atoms. The van der Waals surface area contributed by atoms with Crippen molar-refractivity contribution in [1.29, 1.82) is 0 Å². The van der Waals surface area contributed by atoms with Gasteiger partial charge in [-0.1, -0.05) is 109 Å². The average Bonchev–Trinajstić information content (AvgIpc) is 3.07. The van der Waals surface area contributed by atoms with Gasteiger partial charge in [-0.15, -0.1) is 0 Å². The minimum absolute atomic E-state index is 0.0401. The number of hydrogen-bond acceptors (Lipinski definition) is 4. The summed E-state index contributed by atoms with van der Waals surface area (Å²) in [4.78, 5) is 30.5. The lowest BCUT2D eigenvalue weighted by molar-refractivity contribution is -0.140. The quantitative estimate of drug-likeness (QED) is 0.172. The second-order valence-corrected chi connectivity index (χ2v) is 14.6. The van der Waals surface area contributed by atoms with Gasteiger partial charge in [0.25, 0.3) is 10.0 Å². The largest absolute Gasteiger partial charge is 0.352 e. The van der Waals surface area contributed by atoms with E-state index in [4.69, 9.17) is 11.6 Å². The maximum Gasteiger partial charge on any atom is 0.264 e. The fourth-order valence-corrected chi connectivity index (χ4v) is 7.83. The molecule has 7 nitrogen and oxygen atoms in total. The van der Waals surface area contributed by atoms with Crippen molar-refractivity contribution in [3.05, 3.63) is 130 Å². The van der Waals surface area contributed by atoms with Gasteiger partial charge in [0.2, 0.25) is 11.8 Å². The highest BCUT2D eigenvalue weighted by Gasteiger charge is 2.35. The molecule has 47 heavy (non-hydrogen) atoms. The zero-order valence-electron chi connectivity index (χ0n) is 26.9. The van der Waals surface area contributed by atoms with Gasteiger partial charge < -0.3 is 10.2 Å². The second kappa shape index (κ2) is 15.6. The van der Waals surface area contributed by atoms with Gasteiger partial charge in [0.05, 0.1) is 10.6 Å². The van der Waals surface area contributed by atoms with E-state index in [1.807, 2.05) is 67.6 Å². The summed E-state index contributed by atoms with van der Waals surface area (Å²) < 4.78 is 29.7. The Kier molecular flexibility index (Phi) is 11.4. The van der Waals surface area contributed by atoms with E-state index in [2.05, 4.69) is 5.32 Å². The Bertz CT molecular complexity index is 1760. The van der Waals surface area contributed by atoms with Gasteiger partial charge >= 0.3 is 0 Å². The van der Waals surface area contributed by atoms with E-state index in [-0.39, 0.29) is 29.8 Å². The van der Waals surface area contributed by atoms with Crippen LogP contribution in [0.5, 0.6) is 0 Å². The molecule has 5 rings (SSSR count). The SMILES string of the molecule is Cc1ccc(S(=O)(=O)N(CC(=O)N(Cc2ccccc2)[C@@H](Cc2ccccc2)C(=O)NC2CCCCC2)c2ccc(Cl)cc2C)cc1. The zero-order chi connectivity index (χ0) is 33.4. The number of halogens is 1. The average molecular weight is 672 g/mol. The van der Waals surface area contributed by atoms with Crippen LogP contribution >= 0.6 is 11.6 Å². The summed E-state index contributed by atoms with van der Waals surface area (Å²) >= 11 is 6.26. The van der Waals surface area contributed by atoms with Crippen LogP contribution in [0.4, 0.5) is 5.69 Å². The summed E-state index contributed by atoms with van der Waals surface area (Å²) in [6.45, 7) is 3.27. The van der Waals surface area contributed by atoms with Crippen LogP contribution in [-0.2, 0) is 32.6 Å². The third kappa shape index (κ3) is 8.82. The standard InChI is InChI=1S/C38H42ClN3O4S/c1-28-18-21-34(22-19-28)47(45,46)42(35-23-20-32(39)24-29(35)2)27-37(43)41(26-31-14-8-4-9-15-31)36(25-30-12-6-3-7-13-30)38(44)40-33-16-10-5-11-17-33/h3-4,6-9,12-15,18-24,33,36H,5,10-11,16-17,25-27H2,1-2H3,(H,40,44)/t36-/m0/s1. The van der Waals surface area contributed by atoms with Gasteiger partial charge in [0, 0.05) is 24.0 Å². The van der Waals surface area contributed by atoms with Gasteiger partial charge in [0.1, 0.15) is 12.6 Å². The van der Waals surface area contributed by atoms with Crippen LogP contribution in [-0.4, -0.2) is 43.8 Å². The molecule has 4 aromatic carbocycles. The Morgan fingerprint density at radius 1 is 0.830 bits per heavy atom. The maximum absolute atomic E-state index is 14.7. The monoisotopic (exact) mass is 671 g/mol. The van der Waals surface area contributed by atoms with Crippen molar-refractivity contribution in [2.24, 2.45) is 0 Å². The molecule has 0 saturated heterocycles. The van der Waals surface area contributed by atoms with Crippen LogP contribution in [0, 0.1) is 13.8 Å². The summed E-state index contributed by atoms with van der Waals surface area (Å²) in [6.07, 6.45) is 5.32. The minimum atomic E-state index is -4.19. The molecule has 2 amide bonds. The Morgan fingerprint density at radius 2 is 1.45 bits per heavy atom. The van der Waals surface area contributed by atoms with Crippen molar-refractivity contribution in [1.82, 2.24) is 10.2 Å². The molecular formula is C38H42ClN3O4S. The highest BCUT2D eigenvalue weighted by Crippen LogP contribution is 2.30. The first-order valence-electron chi connectivity index (χ1n) is 16.1. The highest BCUT2D eigenvalue weighted by atomic mass is 35.5. The molecule has 1 aliphatic rings. The Morgan fingerprint density at radius 3 is 2.06 bits per heavy atom. The van der Waals surface area contributed by atoms with E-state index < -0.39 is 28.5 Å². The fraction of sp³-hybridized carbons (Fsp3) is 0.316. The van der Waals surface area contributed by atoms with E-state index in [1.165, 1.54) is 0 Å². The smallest absolute Gasteiger partial charge is 0.264 e. The predicted molar refractivity (Wildman–Crippen MR) is 188 cm³/mol. The van der Waals surface area contributed by atoms with E-state index in [0.717, 1.165) is 53.1 Å². The van der Waals surface area contributed by atoms with Crippen molar-refractivity contribution in [2.75, 3.05) is 10.8 Å². The van der Waals surface area contributed by atoms with E-state index in [9.17, 15) is 18.0 Å². The van der Waals surface area contributed by atoms with Crippen LogP contribution in [0.15, 0.2) is 108 Å². The third-order valence-corrected chi connectivity index (χ3v) is 10.7. The van der Waals surface area contributed by atoms with Crippen LogP contribution in [0.25, 0.3) is 0 Å². The molecule has 1 N–H and O–H groups in total. The molecule has 0 radical (unpaired) electrons. The summed E-state index contributed by atoms with van der Waals surface area (Å²) in [5, 5.41) is 3.70. The molecule has 9 heteroatoms. The Labute approximate surface area is 283 Å². The summed E-state index contributed by atoms with van der Waals surface area (Å²) in [7, 11) is -4.19. The summed E-state index contributed by atoms with van der Waals surface area (Å²) in [5.74, 6) is -0.723. The van der Waals surface area contributed by atoms with Crippen molar-refractivity contribution >= 4 is 39.1 Å². The Hall–Kier alpha value is -4.14. The van der Waals surface area contributed by atoms with Crippen molar-refractivity contribution < 1.29 is 18.0 Å². The first kappa shape index (κ1) is 34.2. The van der Waals surface area contributed by atoms with Crippen LogP contribution in [0.1, 0.15) is 54.4 Å². The molecule has 0 unspecified atom stereocenters. The molecule has 4 aromatic rings. The number of aryl methyl sites for hydroxylation is 2. The number of anilines is 1. The molecule has 1 aliphatic carbocycles. The molecule has 0 spiro atoms. The van der Waals surface area contributed by atoms with Crippen molar-refractivity contribution in [3.63, 3.8) is 0 Å². The van der Waals surface area contributed by atoms with E-state index in [1.54, 1.807) is 54.3 Å². The van der Waals surface area contributed by atoms with Gasteiger partial charge in [0.15, 0.2) is 0 Å². The number of carbonyl (C=O) groups is 2. The number of benzene rings is 4. The molecule has 0 heterocycles. The van der Waals surface area contributed by atoms with Crippen LogP contribution < -0.4 is 9.62 Å². The molecule has 1 saturated carbocycles. The van der Waals surface area contributed by atoms with E-state index in [0.29, 0.717) is 16.3 Å². The zero-order valence-corrected chi connectivity index (χ0v) is 28.5. The second-order valence-electron chi connectivity index (χ2n) is 12.3. The summed E-state index contributed by atoms with van der Waals surface area (Å²) in [5.41, 5.74) is 3.59. The molecular weight excluding hydrogens is 630 g/mol. The van der Waals surface area contributed by atoms with Gasteiger partial charge in [-0.25, -0.2) is 8.42 Å². The first-order valence-corrected chi connectivity index (χ1v) is 18.0. The number of rotatable bonds is 12. The van der Waals surface area contributed by atoms with Gasteiger partial charge in [-0.3, -0.25) is 13.9 Å². The molecule has 0 aliphatic heterocycles. The summed E-state index contributed by atoms with van der Waals surface area (Å²) in [6, 6.07) is 29.7. The highest BCUT2D eigenvalue weighted by molar-refractivity contribution is 7.92. The molecule has 246 valence electrons. The van der Waals surface area contributed by atoms with Crippen molar-refractivity contribution in [2.45, 2.75) is 75.9 Å². The first-order chi connectivity index (χ1) is 22.6. The molecule has 1 atom stereocenters. The Balaban J connectivity index is 1.57. The normalized spacial score (nSPS) is 14.3. The fourth-order valence-electron chi connectivity index (χ4n) is 6.13. The number of carbonyl (C=O) groups excluding carboxylic acids is 2. The number of nitrogens with zero attached hydrogens (tertiary/aromatic N) is 2. The lowest BCUT2D eigenvalue weighted by atomic mass is 9.94. The van der Waals surface area contributed by atoms with Crippen LogP contribution in [0.2, 0.25) is 5.02 Å². The lowest BCUT2D eigenvalue weighted by Gasteiger charge is -2.35.